The van der Waals surface area contributed by atoms with E-state index in [9.17, 15) is 4.79 Å². The summed E-state index contributed by atoms with van der Waals surface area (Å²) in [5.74, 6) is 0.132. The Labute approximate surface area is 141 Å². The van der Waals surface area contributed by atoms with Crippen molar-refractivity contribution in [3.05, 3.63) is 58.3 Å². The van der Waals surface area contributed by atoms with Crippen molar-refractivity contribution < 1.29 is 9.53 Å². The maximum Gasteiger partial charge on any atom is 0.343 e. The number of hydrogen-bond acceptors (Lipinski definition) is 5. The smallest absolute Gasteiger partial charge is 0.343 e. The van der Waals surface area contributed by atoms with E-state index in [1.165, 1.54) is 6.20 Å². The van der Waals surface area contributed by atoms with Gasteiger partial charge in [0.25, 0.3) is 0 Å². The second-order valence-electron chi connectivity index (χ2n) is 4.81. The number of anilines is 1. The van der Waals surface area contributed by atoms with Crippen LogP contribution in [0.1, 0.15) is 22.8 Å². The third-order valence-electron chi connectivity index (χ3n) is 3.28. The molecule has 1 aromatic carbocycles. The molecule has 0 atom stereocenters. The molecule has 118 valence electrons. The van der Waals surface area contributed by atoms with E-state index in [0.29, 0.717) is 30.2 Å². The molecule has 23 heavy (non-hydrogen) atoms. The van der Waals surface area contributed by atoms with Crippen LogP contribution >= 0.6 is 15.9 Å². The molecule has 2 heterocycles. The van der Waals surface area contributed by atoms with Crippen LogP contribution in [0.25, 0.3) is 5.65 Å². The van der Waals surface area contributed by atoms with Crippen LogP contribution < -0.4 is 5.32 Å². The zero-order valence-electron chi connectivity index (χ0n) is 12.5. The second kappa shape index (κ2) is 6.78. The highest BCUT2D eigenvalue weighted by molar-refractivity contribution is 9.10. The van der Waals surface area contributed by atoms with E-state index in [2.05, 4.69) is 31.3 Å². The number of rotatable bonds is 5. The van der Waals surface area contributed by atoms with E-state index in [1.54, 1.807) is 17.6 Å². The Hall–Kier alpha value is -2.41. The fraction of sp³-hybridized carbons (Fsp3) is 0.188. The molecule has 0 saturated carbocycles. The van der Waals surface area contributed by atoms with Gasteiger partial charge in [0, 0.05) is 12.7 Å². The van der Waals surface area contributed by atoms with E-state index in [1.807, 2.05) is 30.3 Å². The number of halogens is 1. The van der Waals surface area contributed by atoms with Crippen LogP contribution in [0.15, 0.2) is 47.2 Å². The molecule has 0 spiro atoms. The summed E-state index contributed by atoms with van der Waals surface area (Å²) in [6, 6.07) is 9.91. The Kier molecular flexibility index (Phi) is 4.57. The monoisotopic (exact) mass is 374 g/mol. The van der Waals surface area contributed by atoms with Crippen molar-refractivity contribution >= 4 is 33.4 Å². The topological polar surface area (TPSA) is 68.5 Å². The Balaban J connectivity index is 2.00. The normalized spacial score (nSPS) is 10.7. The number of esters is 1. The summed E-state index contributed by atoms with van der Waals surface area (Å²) in [6.07, 6.45) is 3.15. The van der Waals surface area contributed by atoms with Gasteiger partial charge in [0.2, 0.25) is 0 Å². The van der Waals surface area contributed by atoms with E-state index in [-0.39, 0.29) is 0 Å². The largest absolute Gasteiger partial charge is 0.462 e. The third-order valence-corrected chi connectivity index (χ3v) is 3.84. The van der Waals surface area contributed by atoms with Gasteiger partial charge in [0.05, 0.1) is 17.3 Å². The summed E-state index contributed by atoms with van der Waals surface area (Å²) >= 11 is 3.40. The molecule has 0 amide bonds. The lowest BCUT2D eigenvalue weighted by atomic mass is 10.2. The predicted molar refractivity (Wildman–Crippen MR) is 90.4 cm³/mol. The maximum atomic E-state index is 12.2. The lowest BCUT2D eigenvalue weighted by molar-refractivity contribution is 0.0526. The van der Waals surface area contributed by atoms with Crippen LogP contribution in [-0.2, 0) is 11.3 Å². The van der Waals surface area contributed by atoms with Crippen molar-refractivity contribution in [3.63, 3.8) is 0 Å². The highest BCUT2D eigenvalue weighted by Gasteiger charge is 2.18. The minimum atomic E-state index is -0.427. The van der Waals surface area contributed by atoms with Gasteiger partial charge in [0.1, 0.15) is 11.4 Å². The molecule has 3 rings (SSSR count). The highest BCUT2D eigenvalue weighted by Crippen LogP contribution is 2.23. The summed E-state index contributed by atoms with van der Waals surface area (Å²) in [4.78, 5) is 16.4. The molecule has 0 aliphatic rings. The standard InChI is InChI=1S/C16H15BrN4O2/c1-2-23-16(22)12-9-19-15-13(17)10-20-21(15)14(12)18-8-11-6-4-3-5-7-11/h3-7,9-10,18H,2,8H2,1H3. The van der Waals surface area contributed by atoms with Crippen molar-refractivity contribution in [2.45, 2.75) is 13.5 Å². The van der Waals surface area contributed by atoms with Gasteiger partial charge in [-0.25, -0.2) is 9.78 Å². The summed E-state index contributed by atoms with van der Waals surface area (Å²) in [5.41, 5.74) is 2.08. The van der Waals surface area contributed by atoms with Gasteiger partial charge in [-0.15, -0.1) is 0 Å². The summed E-state index contributed by atoms with van der Waals surface area (Å²) in [7, 11) is 0. The third kappa shape index (κ3) is 3.19. The van der Waals surface area contributed by atoms with Crippen LogP contribution in [-0.4, -0.2) is 27.2 Å². The molecule has 0 aliphatic carbocycles. The maximum absolute atomic E-state index is 12.2. The van der Waals surface area contributed by atoms with E-state index >= 15 is 0 Å². The van der Waals surface area contributed by atoms with Crippen LogP contribution in [0.2, 0.25) is 0 Å². The van der Waals surface area contributed by atoms with E-state index < -0.39 is 5.97 Å². The number of nitrogens with zero attached hydrogens (tertiary/aromatic N) is 3. The number of aromatic nitrogens is 3. The van der Waals surface area contributed by atoms with Crippen LogP contribution in [0.3, 0.4) is 0 Å². The molecule has 0 aliphatic heterocycles. The molecule has 0 bridgehead atoms. The first-order valence-electron chi connectivity index (χ1n) is 7.18. The molecule has 0 radical (unpaired) electrons. The molecular weight excluding hydrogens is 360 g/mol. The van der Waals surface area contributed by atoms with Gasteiger partial charge in [-0.1, -0.05) is 30.3 Å². The Morgan fingerprint density at radius 2 is 2.09 bits per heavy atom. The lowest BCUT2D eigenvalue weighted by Gasteiger charge is -2.12. The molecule has 6 nitrogen and oxygen atoms in total. The van der Waals surface area contributed by atoms with Crippen molar-refractivity contribution in [2.75, 3.05) is 11.9 Å². The first kappa shape index (κ1) is 15.5. The molecule has 0 fully saturated rings. The number of carbonyl (C=O) groups excluding carboxylic acids is 1. The number of hydrogen-bond donors (Lipinski definition) is 1. The number of fused-ring (bicyclic) bond motifs is 1. The number of benzene rings is 1. The predicted octanol–water partition coefficient (Wildman–Crippen LogP) is 3.28. The Bertz CT molecular complexity index is 833. The molecule has 1 N–H and O–H groups in total. The van der Waals surface area contributed by atoms with Gasteiger partial charge in [-0.2, -0.15) is 9.61 Å². The first-order chi connectivity index (χ1) is 11.2. The van der Waals surface area contributed by atoms with Crippen LogP contribution in [0, 0.1) is 0 Å². The van der Waals surface area contributed by atoms with Crippen LogP contribution in [0.5, 0.6) is 0 Å². The van der Waals surface area contributed by atoms with Gasteiger partial charge in [0.15, 0.2) is 5.65 Å². The van der Waals surface area contributed by atoms with Crippen molar-refractivity contribution in [1.29, 1.82) is 0 Å². The van der Waals surface area contributed by atoms with E-state index in [4.69, 9.17) is 4.74 Å². The zero-order valence-corrected chi connectivity index (χ0v) is 14.1. The van der Waals surface area contributed by atoms with Gasteiger partial charge < -0.3 is 10.1 Å². The minimum Gasteiger partial charge on any atom is -0.462 e. The average molecular weight is 375 g/mol. The van der Waals surface area contributed by atoms with Gasteiger partial charge in [-0.05, 0) is 28.4 Å². The Morgan fingerprint density at radius 3 is 2.83 bits per heavy atom. The summed E-state index contributed by atoms with van der Waals surface area (Å²) in [5, 5.41) is 7.53. The number of carbonyl (C=O) groups is 1. The Morgan fingerprint density at radius 1 is 1.30 bits per heavy atom. The fourth-order valence-electron chi connectivity index (χ4n) is 2.21. The molecule has 0 unspecified atom stereocenters. The number of nitrogens with one attached hydrogen (secondary N) is 1. The fourth-order valence-corrected chi connectivity index (χ4v) is 2.57. The van der Waals surface area contributed by atoms with Gasteiger partial charge >= 0.3 is 5.97 Å². The molecule has 3 aromatic rings. The van der Waals surface area contributed by atoms with Crippen LogP contribution in [0.4, 0.5) is 5.82 Å². The van der Waals surface area contributed by atoms with Crippen molar-refractivity contribution in [2.24, 2.45) is 0 Å². The molecular formula is C16H15BrN4O2. The minimum absolute atomic E-state index is 0.303. The number of ether oxygens (including phenoxy) is 1. The van der Waals surface area contributed by atoms with Crippen molar-refractivity contribution in [3.8, 4) is 0 Å². The first-order valence-corrected chi connectivity index (χ1v) is 7.97. The molecule has 7 heteroatoms. The molecule has 0 saturated heterocycles. The zero-order chi connectivity index (χ0) is 16.2. The average Bonchev–Trinajstić information content (AvgIpc) is 2.95. The van der Waals surface area contributed by atoms with E-state index in [0.717, 1.165) is 10.0 Å². The SMILES string of the molecule is CCOC(=O)c1cnc2c(Br)cnn2c1NCc1ccccc1. The lowest BCUT2D eigenvalue weighted by Crippen LogP contribution is -2.14. The van der Waals surface area contributed by atoms with Crippen molar-refractivity contribution in [1.82, 2.24) is 14.6 Å². The summed E-state index contributed by atoms with van der Waals surface area (Å²) in [6.45, 7) is 2.63. The van der Waals surface area contributed by atoms with Gasteiger partial charge in [-0.3, -0.25) is 0 Å². The summed E-state index contributed by atoms with van der Waals surface area (Å²) < 4.78 is 7.46. The second-order valence-corrected chi connectivity index (χ2v) is 5.66. The highest BCUT2D eigenvalue weighted by atomic mass is 79.9. The quantitative estimate of drug-likeness (QED) is 0.694. The molecule has 2 aromatic heterocycles.